The molecule has 0 atom stereocenters. The standard InChI is InChI=1S/C13H15F3N2O3/c1-17-9-4-8(5-9)7-21-10-2-3-12(18(19)20)11(6-10)13(14,15)16/h2-3,6,8-9,17H,4-5,7H2,1H3. The van der Waals surface area contributed by atoms with Crippen LogP contribution in [-0.4, -0.2) is 24.6 Å². The molecule has 0 aliphatic heterocycles. The highest BCUT2D eigenvalue weighted by Crippen LogP contribution is 2.38. The molecule has 0 amide bonds. The summed E-state index contributed by atoms with van der Waals surface area (Å²) < 4.78 is 43.7. The monoisotopic (exact) mass is 304 g/mol. The van der Waals surface area contributed by atoms with Crippen LogP contribution in [-0.2, 0) is 6.18 Å². The Bertz CT molecular complexity index is 528. The second-order valence-corrected chi connectivity index (χ2v) is 5.07. The van der Waals surface area contributed by atoms with Gasteiger partial charge in [-0.1, -0.05) is 0 Å². The van der Waals surface area contributed by atoms with Crippen LogP contribution >= 0.6 is 0 Å². The van der Waals surface area contributed by atoms with Gasteiger partial charge in [0, 0.05) is 12.1 Å². The van der Waals surface area contributed by atoms with Crippen molar-refractivity contribution in [2.24, 2.45) is 5.92 Å². The van der Waals surface area contributed by atoms with Crippen LogP contribution in [0.2, 0.25) is 0 Å². The minimum Gasteiger partial charge on any atom is -0.493 e. The van der Waals surface area contributed by atoms with E-state index >= 15 is 0 Å². The van der Waals surface area contributed by atoms with Gasteiger partial charge in [-0.25, -0.2) is 0 Å². The predicted molar refractivity (Wildman–Crippen MR) is 69.2 cm³/mol. The third kappa shape index (κ3) is 3.63. The number of nitrogens with one attached hydrogen (secondary N) is 1. The Kier molecular flexibility index (Phi) is 4.36. The molecule has 0 saturated heterocycles. The van der Waals surface area contributed by atoms with Crippen molar-refractivity contribution >= 4 is 5.69 Å². The van der Waals surface area contributed by atoms with E-state index in [0.717, 1.165) is 18.9 Å². The molecule has 0 bridgehead atoms. The summed E-state index contributed by atoms with van der Waals surface area (Å²) >= 11 is 0. The van der Waals surface area contributed by atoms with Crippen molar-refractivity contribution in [3.8, 4) is 5.75 Å². The van der Waals surface area contributed by atoms with Crippen LogP contribution in [0.1, 0.15) is 18.4 Å². The Morgan fingerprint density at radius 1 is 1.43 bits per heavy atom. The topological polar surface area (TPSA) is 64.4 Å². The molecule has 0 aromatic heterocycles. The number of halogens is 3. The van der Waals surface area contributed by atoms with Crippen LogP contribution in [0.15, 0.2) is 18.2 Å². The SMILES string of the molecule is CNC1CC(COc2ccc([N+](=O)[O-])c(C(F)(F)F)c2)C1. The lowest BCUT2D eigenvalue weighted by Crippen LogP contribution is -2.41. The van der Waals surface area contributed by atoms with E-state index in [1.54, 1.807) is 0 Å². The first kappa shape index (κ1) is 15.6. The lowest BCUT2D eigenvalue weighted by molar-refractivity contribution is -0.388. The van der Waals surface area contributed by atoms with Gasteiger partial charge in [0.25, 0.3) is 5.69 Å². The van der Waals surface area contributed by atoms with E-state index in [2.05, 4.69) is 5.32 Å². The normalized spacial score (nSPS) is 21.7. The number of benzene rings is 1. The van der Waals surface area contributed by atoms with Gasteiger partial charge in [0.1, 0.15) is 11.3 Å². The fourth-order valence-electron chi connectivity index (χ4n) is 2.31. The number of hydrogen-bond acceptors (Lipinski definition) is 4. The summed E-state index contributed by atoms with van der Waals surface area (Å²) in [7, 11) is 1.85. The van der Waals surface area contributed by atoms with Gasteiger partial charge in [0.2, 0.25) is 0 Å². The molecular weight excluding hydrogens is 289 g/mol. The first-order chi connectivity index (χ1) is 9.81. The third-order valence-corrected chi connectivity index (χ3v) is 3.60. The van der Waals surface area contributed by atoms with E-state index in [0.29, 0.717) is 24.6 Å². The van der Waals surface area contributed by atoms with Gasteiger partial charge in [-0.2, -0.15) is 13.2 Å². The van der Waals surface area contributed by atoms with Crippen LogP contribution in [0.5, 0.6) is 5.75 Å². The van der Waals surface area contributed by atoms with Crippen molar-refractivity contribution in [1.29, 1.82) is 0 Å². The molecule has 1 N–H and O–H groups in total. The molecule has 2 rings (SSSR count). The molecule has 1 aromatic carbocycles. The van der Waals surface area contributed by atoms with Gasteiger partial charge in [0.05, 0.1) is 11.5 Å². The maximum absolute atomic E-state index is 12.8. The summed E-state index contributed by atoms with van der Waals surface area (Å²) in [4.78, 5) is 9.58. The molecule has 1 aliphatic rings. The average Bonchev–Trinajstić information content (AvgIpc) is 2.35. The summed E-state index contributed by atoms with van der Waals surface area (Å²) in [6, 6.07) is 3.14. The highest BCUT2D eigenvalue weighted by atomic mass is 19.4. The summed E-state index contributed by atoms with van der Waals surface area (Å²) in [5.74, 6) is 0.299. The number of rotatable bonds is 5. The molecule has 116 valence electrons. The Morgan fingerprint density at radius 2 is 2.10 bits per heavy atom. The Morgan fingerprint density at radius 3 is 2.62 bits per heavy atom. The third-order valence-electron chi connectivity index (χ3n) is 3.60. The van der Waals surface area contributed by atoms with Gasteiger partial charge in [-0.3, -0.25) is 10.1 Å². The Labute approximate surface area is 119 Å². The summed E-state index contributed by atoms with van der Waals surface area (Å²) in [6.07, 6.45) is -2.96. The van der Waals surface area contributed by atoms with Crippen LogP contribution in [0.4, 0.5) is 18.9 Å². The maximum Gasteiger partial charge on any atom is 0.423 e. The lowest BCUT2D eigenvalue weighted by atomic mass is 9.81. The molecule has 1 fully saturated rings. The number of nitro groups is 1. The Hall–Kier alpha value is -1.83. The molecule has 0 spiro atoms. The van der Waals surface area contributed by atoms with Crippen molar-refractivity contribution in [2.75, 3.05) is 13.7 Å². The number of ether oxygens (including phenoxy) is 1. The summed E-state index contributed by atoms with van der Waals surface area (Å²) in [6.45, 7) is 0.313. The van der Waals surface area contributed by atoms with Crippen LogP contribution in [0, 0.1) is 16.0 Å². The van der Waals surface area contributed by atoms with Gasteiger partial charge in [-0.15, -0.1) is 0 Å². The Balaban J connectivity index is 2.06. The van der Waals surface area contributed by atoms with Crippen LogP contribution < -0.4 is 10.1 Å². The molecule has 8 heteroatoms. The smallest absolute Gasteiger partial charge is 0.423 e. The van der Waals surface area contributed by atoms with Crippen molar-refractivity contribution in [3.63, 3.8) is 0 Å². The van der Waals surface area contributed by atoms with Crippen LogP contribution in [0.25, 0.3) is 0 Å². The second-order valence-electron chi connectivity index (χ2n) is 5.07. The molecule has 0 radical (unpaired) electrons. The molecule has 0 heterocycles. The van der Waals surface area contributed by atoms with E-state index in [9.17, 15) is 23.3 Å². The molecule has 21 heavy (non-hydrogen) atoms. The van der Waals surface area contributed by atoms with E-state index in [1.165, 1.54) is 6.07 Å². The van der Waals surface area contributed by atoms with E-state index in [4.69, 9.17) is 4.74 Å². The average molecular weight is 304 g/mol. The molecule has 0 unspecified atom stereocenters. The van der Waals surface area contributed by atoms with E-state index in [1.807, 2.05) is 7.05 Å². The fourth-order valence-corrected chi connectivity index (χ4v) is 2.31. The minimum atomic E-state index is -4.78. The molecule has 1 aliphatic carbocycles. The van der Waals surface area contributed by atoms with Gasteiger partial charge < -0.3 is 10.1 Å². The predicted octanol–water partition coefficient (Wildman–Crippen LogP) is 2.99. The van der Waals surface area contributed by atoms with Crippen molar-refractivity contribution in [2.45, 2.75) is 25.1 Å². The zero-order valence-electron chi connectivity index (χ0n) is 11.3. The molecule has 5 nitrogen and oxygen atoms in total. The van der Waals surface area contributed by atoms with E-state index in [-0.39, 0.29) is 5.75 Å². The zero-order chi connectivity index (χ0) is 15.6. The molecule has 1 aromatic rings. The van der Waals surface area contributed by atoms with Crippen molar-refractivity contribution in [3.05, 3.63) is 33.9 Å². The maximum atomic E-state index is 12.8. The quantitative estimate of drug-likeness (QED) is 0.671. The minimum absolute atomic E-state index is 0.000771. The fraction of sp³-hybridized carbons (Fsp3) is 0.538. The van der Waals surface area contributed by atoms with E-state index < -0.39 is 22.4 Å². The van der Waals surface area contributed by atoms with Crippen molar-refractivity contribution < 1.29 is 22.8 Å². The number of nitrogens with zero attached hydrogens (tertiary/aromatic N) is 1. The number of alkyl halides is 3. The number of nitro benzene ring substituents is 1. The highest BCUT2D eigenvalue weighted by Gasteiger charge is 2.38. The van der Waals surface area contributed by atoms with Gasteiger partial charge in [-0.05, 0) is 37.9 Å². The molecule has 1 saturated carbocycles. The summed E-state index contributed by atoms with van der Waals surface area (Å²) in [5, 5.41) is 13.7. The summed E-state index contributed by atoms with van der Waals surface area (Å²) in [5.41, 5.74) is -2.25. The largest absolute Gasteiger partial charge is 0.493 e. The van der Waals surface area contributed by atoms with Crippen molar-refractivity contribution in [1.82, 2.24) is 5.32 Å². The van der Waals surface area contributed by atoms with Gasteiger partial charge >= 0.3 is 6.18 Å². The van der Waals surface area contributed by atoms with Gasteiger partial charge in [0.15, 0.2) is 0 Å². The second kappa shape index (κ2) is 5.88. The highest BCUT2D eigenvalue weighted by molar-refractivity contribution is 5.46. The first-order valence-corrected chi connectivity index (χ1v) is 6.47. The number of hydrogen-bond donors (Lipinski definition) is 1. The lowest BCUT2D eigenvalue weighted by Gasteiger charge is -2.34. The first-order valence-electron chi connectivity index (χ1n) is 6.47. The van der Waals surface area contributed by atoms with Crippen LogP contribution in [0.3, 0.4) is 0 Å². The zero-order valence-corrected chi connectivity index (χ0v) is 11.3. The molecular formula is C13H15F3N2O3.